The van der Waals surface area contributed by atoms with Crippen LogP contribution >= 0.6 is 0 Å². The standard InChI is InChI=1S/C11H25N3O/c1-4-6-8-14(9-7-5-2)10(3)11(15)13-12/h10H,4-9,12H2,1-3H3,(H,13,15). The van der Waals surface area contributed by atoms with Crippen molar-refractivity contribution in [3.8, 4) is 0 Å². The van der Waals surface area contributed by atoms with E-state index in [1.165, 1.54) is 0 Å². The smallest absolute Gasteiger partial charge is 0.250 e. The van der Waals surface area contributed by atoms with Crippen LogP contribution in [0.3, 0.4) is 0 Å². The molecule has 0 fully saturated rings. The SMILES string of the molecule is CCCCN(CCCC)C(C)C(=O)NN. The minimum Gasteiger partial charge on any atom is -0.293 e. The van der Waals surface area contributed by atoms with Gasteiger partial charge in [0.15, 0.2) is 0 Å². The Labute approximate surface area is 93.2 Å². The summed E-state index contributed by atoms with van der Waals surface area (Å²) in [5, 5.41) is 0. The molecule has 0 heterocycles. The molecule has 0 rings (SSSR count). The molecule has 1 atom stereocenters. The number of amides is 1. The lowest BCUT2D eigenvalue weighted by molar-refractivity contribution is -0.126. The van der Waals surface area contributed by atoms with Gasteiger partial charge in [-0.15, -0.1) is 0 Å². The van der Waals surface area contributed by atoms with E-state index in [1.807, 2.05) is 6.92 Å². The summed E-state index contributed by atoms with van der Waals surface area (Å²) in [4.78, 5) is 13.6. The van der Waals surface area contributed by atoms with E-state index in [-0.39, 0.29) is 11.9 Å². The van der Waals surface area contributed by atoms with Crippen molar-refractivity contribution in [3.63, 3.8) is 0 Å². The molecule has 1 unspecified atom stereocenters. The highest BCUT2D eigenvalue weighted by Crippen LogP contribution is 2.04. The molecule has 0 saturated heterocycles. The zero-order chi connectivity index (χ0) is 11.7. The van der Waals surface area contributed by atoms with E-state index in [1.54, 1.807) is 0 Å². The van der Waals surface area contributed by atoms with Gasteiger partial charge in [-0.3, -0.25) is 15.1 Å². The van der Waals surface area contributed by atoms with Gasteiger partial charge in [0.05, 0.1) is 6.04 Å². The zero-order valence-electron chi connectivity index (χ0n) is 10.3. The van der Waals surface area contributed by atoms with Gasteiger partial charge in [-0.1, -0.05) is 26.7 Å². The van der Waals surface area contributed by atoms with Gasteiger partial charge in [0, 0.05) is 0 Å². The summed E-state index contributed by atoms with van der Waals surface area (Å²) < 4.78 is 0. The van der Waals surface area contributed by atoms with E-state index >= 15 is 0 Å². The molecule has 0 aromatic heterocycles. The molecule has 0 aromatic carbocycles. The van der Waals surface area contributed by atoms with Crippen molar-refractivity contribution < 1.29 is 4.79 Å². The molecule has 0 spiro atoms. The summed E-state index contributed by atoms with van der Waals surface area (Å²) in [6.45, 7) is 8.18. The average Bonchev–Trinajstić information content (AvgIpc) is 2.27. The van der Waals surface area contributed by atoms with Gasteiger partial charge in [0.2, 0.25) is 0 Å². The first-order chi connectivity index (χ1) is 7.17. The van der Waals surface area contributed by atoms with E-state index in [9.17, 15) is 4.79 Å². The van der Waals surface area contributed by atoms with Crippen LogP contribution in [0.1, 0.15) is 46.5 Å². The van der Waals surface area contributed by atoms with Crippen LogP contribution in [0.5, 0.6) is 0 Å². The number of carbonyl (C=O) groups excluding carboxylic acids is 1. The Morgan fingerprint density at radius 2 is 1.73 bits per heavy atom. The first-order valence-electron chi connectivity index (χ1n) is 5.91. The normalized spacial score (nSPS) is 12.9. The zero-order valence-corrected chi connectivity index (χ0v) is 10.3. The Kier molecular flexibility index (Phi) is 8.33. The largest absolute Gasteiger partial charge is 0.293 e. The van der Waals surface area contributed by atoms with Gasteiger partial charge in [0.1, 0.15) is 0 Å². The number of nitrogens with zero attached hydrogens (tertiary/aromatic N) is 1. The molecule has 0 aliphatic rings. The predicted octanol–water partition coefficient (Wildman–Crippen LogP) is 1.27. The Hall–Kier alpha value is -0.610. The summed E-state index contributed by atoms with van der Waals surface area (Å²) in [6.07, 6.45) is 4.57. The van der Waals surface area contributed by atoms with Crippen molar-refractivity contribution in [2.24, 2.45) is 5.84 Å². The number of hydrazine groups is 1. The van der Waals surface area contributed by atoms with Crippen molar-refractivity contribution in [2.45, 2.75) is 52.5 Å². The van der Waals surface area contributed by atoms with E-state index in [2.05, 4.69) is 24.2 Å². The van der Waals surface area contributed by atoms with E-state index in [4.69, 9.17) is 5.84 Å². The molecule has 0 radical (unpaired) electrons. The monoisotopic (exact) mass is 215 g/mol. The first kappa shape index (κ1) is 14.4. The molecule has 0 aromatic rings. The molecule has 4 nitrogen and oxygen atoms in total. The lowest BCUT2D eigenvalue weighted by Crippen LogP contribution is -2.48. The minimum atomic E-state index is -0.118. The number of nitrogens with two attached hydrogens (primary N) is 1. The Bertz CT molecular complexity index is 165. The van der Waals surface area contributed by atoms with Crippen LogP contribution < -0.4 is 11.3 Å². The molecule has 3 N–H and O–H groups in total. The third-order valence-electron chi connectivity index (χ3n) is 2.67. The van der Waals surface area contributed by atoms with Crippen LogP contribution in [-0.2, 0) is 4.79 Å². The molecule has 0 bridgehead atoms. The van der Waals surface area contributed by atoms with Gasteiger partial charge >= 0.3 is 0 Å². The van der Waals surface area contributed by atoms with Crippen LogP contribution in [0.2, 0.25) is 0 Å². The van der Waals surface area contributed by atoms with Crippen LogP contribution in [0, 0.1) is 0 Å². The first-order valence-corrected chi connectivity index (χ1v) is 5.91. The summed E-state index contributed by atoms with van der Waals surface area (Å²) in [6, 6.07) is -0.118. The Balaban J connectivity index is 4.12. The number of hydrogen-bond donors (Lipinski definition) is 2. The second-order valence-corrected chi connectivity index (χ2v) is 3.93. The molecule has 1 amide bonds. The predicted molar refractivity (Wildman–Crippen MR) is 63.2 cm³/mol. The number of nitrogens with one attached hydrogen (secondary N) is 1. The van der Waals surface area contributed by atoms with Gasteiger partial charge in [-0.2, -0.15) is 0 Å². The van der Waals surface area contributed by atoms with Crippen molar-refractivity contribution in [1.82, 2.24) is 10.3 Å². The van der Waals surface area contributed by atoms with E-state index in [0.717, 1.165) is 38.8 Å². The summed E-state index contributed by atoms with van der Waals surface area (Å²) in [7, 11) is 0. The molecular formula is C11H25N3O. The molecule has 0 aliphatic carbocycles. The van der Waals surface area contributed by atoms with Crippen LogP contribution in [-0.4, -0.2) is 29.9 Å². The maximum atomic E-state index is 11.4. The summed E-state index contributed by atoms with van der Waals surface area (Å²) in [5.41, 5.74) is 2.22. The van der Waals surface area contributed by atoms with Crippen LogP contribution in [0.15, 0.2) is 0 Å². The fourth-order valence-corrected chi connectivity index (χ4v) is 1.51. The molecular weight excluding hydrogens is 190 g/mol. The van der Waals surface area contributed by atoms with Gasteiger partial charge < -0.3 is 0 Å². The summed E-state index contributed by atoms with van der Waals surface area (Å²) in [5.74, 6) is 5.05. The van der Waals surface area contributed by atoms with Crippen molar-refractivity contribution in [1.29, 1.82) is 0 Å². The highest BCUT2D eigenvalue weighted by atomic mass is 16.2. The Morgan fingerprint density at radius 3 is 2.07 bits per heavy atom. The lowest BCUT2D eigenvalue weighted by Gasteiger charge is -2.27. The second kappa shape index (κ2) is 8.68. The quantitative estimate of drug-likeness (QED) is 0.364. The van der Waals surface area contributed by atoms with Crippen molar-refractivity contribution in [3.05, 3.63) is 0 Å². The number of unbranched alkanes of at least 4 members (excludes halogenated alkanes) is 2. The third-order valence-corrected chi connectivity index (χ3v) is 2.67. The second-order valence-electron chi connectivity index (χ2n) is 3.93. The lowest BCUT2D eigenvalue weighted by atomic mass is 10.2. The van der Waals surface area contributed by atoms with Gasteiger partial charge in [0.25, 0.3) is 5.91 Å². The molecule has 90 valence electrons. The van der Waals surface area contributed by atoms with Crippen LogP contribution in [0.25, 0.3) is 0 Å². The fourth-order valence-electron chi connectivity index (χ4n) is 1.51. The molecule has 0 aliphatic heterocycles. The molecule has 4 heteroatoms. The van der Waals surface area contributed by atoms with Crippen LogP contribution in [0.4, 0.5) is 0 Å². The summed E-state index contributed by atoms with van der Waals surface area (Å²) >= 11 is 0. The minimum absolute atomic E-state index is 0.0952. The number of hydrogen-bond acceptors (Lipinski definition) is 3. The highest BCUT2D eigenvalue weighted by molar-refractivity contribution is 5.80. The van der Waals surface area contributed by atoms with Gasteiger partial charge in [-0.05, 0) is 32.9 Å². The van der Waals surface area contributed by atoms with Crippen molar-refractivity contribution in [2.75, 3.05) is 13.1 Å². The molecule has 0 saturated carbocycles. The topological polar surface area (TPSA) is 58.4 Å². The number of carbonyl (C=O) groups is 1. The fraction of sp³-hybridized carbons (Fsp3) is 0.909. The average molecular weight is 215 g/mol. The van der Waals surface area contributed by atoms with E-state index in [0.29, 0.717) is 0 Å². The maximum Gasteiger partial charge on any atom is 0.250 e. The third kappa shape index (κ3) is 5.74. The highest BCUT2D eigenvalue weighted by Gasteiger charge is 2.19. The van der Waals surface area contributed by atoms with Gasteiger partial charge in [-0.25, -0.2) is 5.84 Å². The van der Waals surface area contributed by atoms with E-state index < -0.39 is 0 Å². The maximum absolute atomic E-state index is 11.4. The van der Waals surface area contributed by atoms with Crippen molar-refractivity contribution >= 4 is 5.91 Å². The molecule has 15 heavy (non-hydrogen) atoms. The Morgan fingerprint density at radius 1 is 1.27 bits per heavy atom. The number of rotatable bonds is 8.